The molecule has 1 nitrogen and oxygen atoms in total. The quantitative estimate of drug-likeness (QED) is 0.686. The molecule has 1 unspecified atom stereocenters. The first-order valence-electron chi connectivity index (χ1n) is 6.52. The molecule has 2 rings (SSSR count). The van der Waals surface area contributed by atoms with Gasteiger partial charge in [-0.1, -0.05) is 65.8 Å². The van der Waals surface area contributed by atoms with Gasteiger partial charge in [0.1, 0.15) is 0 Å². The monoisotopic (exact) mass is 324 g/mol. The molecule has 4 heteroatoms. The molecule has 2 aromatic rings. The fourth-order valence-electron chi connectivity index (χ4n) is 1.59. The lowest BCUT2D eigenvalue weighted by atomic mass is 10.2. The van der Waals surface area contributed by atoms with Crippen LogP contribution in [-0.2, 0) is 16.6 Å². The summed E-state index contributed by atoms with van der Waals surface area (Å²) < 4.78 is 12.2. The molecule has 1 atom stereocenters. The molecule has 0 N–H and O–H groups in total. The third kappa shape index (κ3) is 5.73. The van der Waals surface area contributed by atoms with Gasteiger partial charge in [0, 0.05) is 9.79 Å². The van der Waals surface area contributed by atoms with Crippen LogP contribution in [0.4, 0.5) is 0 Å². The van der Waals surface area contributed by atoms with Crippen molar-refractivity contribution in [2.24, 2.45) is 0 Å². The Labute approximate surface area is 132 Å². The molecule has 0 spiro atoms. The predicted molar refractivity (Wildman–Crippen MR) is 93.7 cm³/mol. The predicted octanol–water partition coefficient (Wildman–Crippen LogP) is 5.39. The zero-order chi connectivity index (χ0) is 14.8. The maximum atomic E-state index is 12.2. The first-order valence-corrected chi connectivity index (χ1v) is 10.4. The smallest absolute Gasteiger partial charge is 0.0574 e. The highest BCUT2D eigenvalue weighted by Crippen LogP contribution is 2.29. The highest BCUT2D eigenvalue weighted by molar-refractivity contribution is 8.76. The molecule has 0 saturated heterocycles. The van der Waals surface area contributed by atoms with Crippen LogP contribution < -0.4 is 0 Å². The standard InChI is InChI=1S/C14H14OS3.C2H6/c1-16-17-13-7-5-6-12(10-13)11-18(15)14-8-3-2-4-9-14;1-2/h2-10H,11H2,1H3;1-2H3. The van der Waals surface area contributed by atoms with Crippen molar-refractivity contribution in [2.45, 2.75) is 29.4 Å². The molecule has 20 heavy (non-hydrogen) atoms. The summed E-state index contributed by atoms with van der Waals surface area (Å²) in [6.07, 6.45) is 2.06. The lowest BCUT2D eigenvalue weighted by Crippen LogP contribution is -1.96. The van der Waals surface area contributed by atoms with E-state index in [9.17, 15) is 4.21 Å². The SMILES string of the molecule is CC.CSSc1cccc(CS(=O)c2ccccc2)c1. The van der Waals surface area contributed by atoms with Crippen molar-refractivity contribution < 1.29 is 4.21 Å². The zero-order valence-electron chi connectivity index (χ0n) is 12.0. The molecule has 0 fully saturated rings. The van der Waals surface area contributed by atoms with E-state index in [1.807, 2.05) is 56.3 Å². The molecular formula is C16H20OS3. The molecule has 108 valence electrons. The molecular weight excluding hydrogens is 304 g/mol. The number of rotatable bonds is 5. The minimum absolute atomic E-state index is 0.576. The van der Waals surface area contributed by atoms with Crippen molar-refractivity contribution in [3.05, 3.63) is 60.2 Å². The normalized spacial score (nSPS) is 11.3. The largest absolute Gasteiger partial charge is 0.254 e. The Morgan fingerprint density at radius 1 is 1.00 bits per heavy atom. The van der Waals surface area contributed by atoms with Crippen LogP contribution in [-0.4, -0.2) is 10.5 Å². The average molecular weight is 325 g/mol. The zero-order valence-corrected chi connectivity index (χ0v) is 14.5. The van der Waals surface area contributed by atoms with Crippen LogP contribution in [0.2, 0.25) is 0 Å². The molecule has 0 saturated carbocycles. The summed E-state index contributed by atoms with van der Waals surface area (Å²) in [4.78, 5) is 2.10. The first kappa shape index (κ1) is 17.3. The molecule has 0 amide bonds. The van der Waals surface area contributed by atoms with Crippen LogP contribution in [0.5, 0.6) is 0 Å². The molecule has 0 heterocycles. The van der Waals surface area contributed by atoms with Crippen molar-refractivity contribution in [3.8, 4) is 0 Å². The van der Waals surface area contributed by atoms with Gasteiger partial charge in [-0.2, -0.15) is 0 Å². The van der Waals surface area contributed by atoms with E-state index in [2.05, 4.69) is 18.4 Å². The van der Waals surface area contributed by atoms with Gasteiger partial charge in [0.2, 0.25) is 0 Å². The van der Waals surface area contributed by atoms with E-state index < -0.39 is 10.8 Å². The van der Waals surface area contributed by atoms with Crippen molar-refractivity contribution in [2.75, 3.05) is 6.26 Å². The second kappa shape index (κ2) is 10.1. The summed E-state index contributed by atoms with van der Waals surface area (Å²) in [5, 5.41) is 0. The fraction of sp³-hybridized carbons (Fsp3) is 0.250. The Bertz CT molecular complexity index is 526. The van der Waals surface area contributed by atoms with E-state index in [0.717, 1.165) is 10.5 Å². The first-order chi connectivity index (χ1) is 9.79. The molecule has 0 radical (unpaired) electrons. The summed E-state index contributed by atoms with van der Waals surface area (Å²) in [6, 6.07) is 17.9. The van der Waals surface area contributed by atoms with Crippen molar-refractivity contribution in [3.63, 3.8) is 0 Å². The fourth-order valence-corrected chi connectivity index (χ4v) is 4.11. The van der Waals surface area contributed by atoms with Crippen LogP contribution >= 0.6 is 21.6 Å². The molecule has 0 aliphatic heterocycles. The van der Waals surface area contributed by atoms with Gasteiger partial charge in [-0.05, 0) is 36.1 Å². The van der Waals surface area contributed by atoms with E-state index in [1.165, 1.54) is 4.90 Å². The highest BCUT2D eigenvalue weighted by Gasteiger charge is 2.05. The maximum Gasteiger partial charge on any atom is 0.0574 e. The third-order valence-electron chi connectivity index (χ3n) is 2.38. The lowest BCUT2D eigenvalue weighted by Gasteiger charge is -2.04. The topological polar surface area (TPSA) is 17.1 Å². The van der Waals surface area contributed by atoms with Crippen LogP contribution in [0.3, 0.4) is 0 Å². The molecule has 0 aliphatic carbocycles. The van der Waals surface area contributed by atoms with Gasteiger partial charge >= 0.3 is 0 Å². The van der Waals surface area contributed by atoms with Crippen LogP contribution in [0.25, 0.3) is 0 Å². The van der Waals surface area contributed by atoms with E-state index in [-0.39, 0.29) is 0 Å². The summed E-state index contributed by atoms with van der Waals surface area (Å²) in [7, 11) is 2.49. The average Bonchev–Trinajstić information content (AvgIpc) is 2.51. The van der Waals surface area contributed by atoms with Crippen molar-refractivity contribution in [1.29, 1.82) is 0 Å². The Hall–Kier alpha value is -0.710. The molecule has 0 aromatic heterocycles. The van der Waals surface area contributed by atoms with Gasteiger partial charge < -0.3 is 0 Å². The summed E-state index contributed by atoms with van der Waals surface area (Å²) in [5.74, 6) is 0.576. The molecule has 0 bridgehead atoms. The third-order valence-corrected chi connectivity index (χ3v) is 5.47. The highest BCUT2D eigenvalue weighted by atomic mass is 33.1. The second-order valence-electron chi connectivity index (χ2n) is 3.70. The summed E-state index contributed by atoms with van der Waals surface area (Å²) in [6.45, 7) is 4.00. The Balaban J connectivity index is 0.000000956. The lowest BCUT2D eigenvalue weighted by molar-refractivity contribution is 0.682. The Morgan fingerprint density at radius 2 is 1.70 bits per heavy atom. The van der Waals surface area contributed by atoms with E-state index in [4.69, 9.17) is 0 Å². The van der Waals surface area contributed by atoms with Crippen molar-refractivity contribution >= 4 is 32.4 Å². The second-order valence-corrected chi connectivity index (χ2v) is 7.62. The van der Waals surface area contributed by atoms with E-state index in [1.54, 1.807) is 21.6 Å². The summed E-state index contributed by atoms with van der Waals surface area (Å²) >= 11 is 0. The van der Waals surface area contributed by atoms with Gasteiger partial charge in [-0.15, -0.1) is 0 Å². The summed E-state index contributed by atoms with van der Waals surface area (Å²) in [5.41, 5.74) is 1.12. The Kier molecular flexibility index (Phi) is 8.74. The number of hydrogen-bond donors (Lipinski definition) is 0. The van der Waals surface area contributed by atoms with Crippen molar-refractivity contribution in [1.82, 2.24) is 0 Å². The van der Waals surface area contributed by atoms with E-state index in [0.29, 0.717) is 5.75 Å². The number of benzene rings is 2. The van der Waals surface area contributed by atoms with Gasteiger partial charge in [0.15, 0.2) is 0 Å². The minimum atomic E-state index is -0.963. The maximum absolute atomic E-state index is 12.2. The van der Waals surface area contributed by atoms with Gasteiger partial charge in [-0.25, -0.2) is 0 Å². The minimum Gasteiger partial charge on any atom is -0.254 e. The van der Waals surface area contributed by atoms with Gasteiger partial charge in [-0.3, -0.25) is 4.21 Å². The van der Waals surface area contributed by atoms with Gasteiger partial charge in [0.05, 0.1) is 16.6 Å². The molecule has 2 aromatic carbocycles. The van der Waals surface area contributed by atoms with Crippen LogP contribution in [0.1, 0.15) is 19.4 Å². The van der Waals surface area contributed by atoms with Crippen LogP contribution in [0.15, 0.2) is 64.4 Å². The Morgan fingerprint density at radius 3 is 2.35 bits per heavy atom. The van der Waals surface area contributed by atoms with Crippen LogP contribution in [0, 0.1) is 0 Å². The van der Waals surface area contributed by atoms with Gasteiger partial charge in [0.25, 0.3) is 0 Å². The number of hydrogen-bond acceptors (Lipinski definition) is 3. The van der Waals surface area contributed by atoms with E-state index >= 15 is 0 Å². The molecule has 0 aliphatic rings.